The fraction of sp³-hybridized carbons (Fsp3) is 0.0909. The Hall–Kier alpha value is -2.14. The van der Waals surface area contributed by atoms with Crippen LogP contribution in [0.3, 0.4) is 0 Å². The van der Waals surface area contributed by atoms with E-state index < -0.39 is 11.8 Å². The SMILES string of the molecule is CC1=C(Nc2ccccc2)C(=O)N(O)C1=O. The molecule has 1 aromatic carbocycles. The Morgan fingerprint density at radius 2 is 1.75 bits per heavy atom. The number of nitrogens with one attached hydrogen (secondary N) is 1. The Kier molecular flexibility index (Phi) is 2.46. The normalized spacial score (nSPS) is 16.0. The van der Waals surface area contributed by atoms with Crippen LogP contribution in [-0.4, -0.2) is 22.1 Å². The van der Waals surface area contributed by atoms with Crippen molar-refractivity contribution in [2.75, 3.05) is 5.32 Å². The van der Waals surface area contributed by atoms with Gasteiger partial charge in [0.15, 0.2) is 0 Å². The smallest absolute Gasteiger partial charge is 0.301 e. The largest absolute Gasteiger partial charge is 0.351 e. The zero-order chi connectivity index (χ0) is 11.7. The van der Waals surface area contributed by atoms with Crippen molar-refractivity contribution >= 4 is 17.5 Å². The van der Waals surface area contributed by atoms with Gasteiger partial charge in [-0.1, -0.05) is 18.2 Å². The average Bonchev–Trinajstić information content (AvgIpc) is 2.48. The molecule has 0 unspecified atom stereocenters. The van der Waals surface area contributed by atoms with Crippen molar-refractivity contribution in [3.05, 3.63) is 41.6 Å². The van der Waals surface area contributed by atoms with Crippen LogP contribution < -0.4 is 5.32 Å². The number of anilines is 1. The van der Waals surface area contributed by atoms with Crippen LogP contribution in [0.25, 0.3) is 0 Å². The predicted molar refractivity (Wildman–Crippen MR) is 56.4 cm³/mol. The molecule has 2 amide bonds. The molecule has 0 aliphatic carbocycles. The van der Waals surface area contributed by atoms with Crippen LogP contribution >= 0.6 is 0 Å². The zero-order valence-electron chi connectivity index (χ0n) is 8.60. The van der Waals surface area contributed by atoms with Gasteiger partial charge in [-0.15, -0.1) is 5.06 Å². The fourth-order valence-electron chi connectivity index (χ4n) is 1.44. The second-order valence-electron chi connectivity index (χ2n) is 3.41. The van der Waals surface area contributed by atoms with Gasteiger partial charge >= 0.3 is 5.91 Å². The fourth-order valence-corrected chi connectivity index (χ4v) is 1.44. The van der Waals surface area contributed by atoms with Crippen molar-refractivity contribution in [1.29, 1.82) is 0 Å². The lowest BCUT2D eigenvalue weighted by atomic mass is 10.2. The molecule has 16 heavy (non-hydrogen) atoms. The number of rotatable bonds is 2. The van der Waals surface area contributed by atoms with E-state index in [4.69, 9.17) is 5.21 Å². The van der Waals surface area contributed by atoms with Crippen molar-refractivity contribution in [2.24, 2.45) is 0 Å². The molecule has 5 heteroatoms. The van der Waals surface area contributed by atoms with Crippen LogP contribution in [0.4, 0.5) is 5.69 Å². The van der Waals surface area contributed by atoms with Crippen molar-refractivity contribution in [1.82, 2.24) is 5.06 Å². The zero-order valence-corrected chi connectivity index (χ0v) is 8.60. The topological polar surface area (TPSA) is 69.6 Å². The van der Waals surface area contributed by atoms with Gasteiger partial charge in [0.1, 0.15) is 5.70 Å². The molecule has 0 saturated carbocycles. The molecule has 2 rings (SSSR count). The maximum Gasteiger partial charge on any atom is 0.301 e. The molecule has 0 aromatic heterocycles. The van der Waals surface area contributed by atoms with E-state index in [1.54, 1.807) is 24.3 Å². The number of amides is 2. The highest BCUT2D eigenvalue weighted by Gasteiger charge is 2.35. The van der Waals surface area contributed by atoms with Crippen LogP contribution in [0.5, 0.6) is 0 Å². The van der Waals surface area contributed by atoms with Crippen molar-refractivity contribution in [2.45, 2.75) is 6.92 Å². The molecule has 5 nitrogen and oxygen atoms in total. The summed E-state index contributed by atoms with van der Waals surface area (Å²) in [5.74, 6) is -1.42. The summed E-state index contributed by atoms with van der Waals surface area (Å²) in [6.45, 7) is 1.49. The average molecular weight is 218 g/mol. The summed E-state index contributed by atoms with van der Waals surface area (Å²) in [4.78, 5) is 22.7. The third-order valence-electron chi connectivity index (χ3n) is 2.34. The van der Waals surface area contributed by atoms with E-state index in [2.05, 4.69) is 5.32 Å². The molecular formula is C11H10N2O3. The summed E-state index contributed by atoms with van der Waals surface area (Å²) in [7, 11) is 0. The van der Waals surface area contributed by atoms with Crippen LogP contribution in [0.1, 0.15) is 6.92 Å². The number of hydrogen-bond acceptors (Lipinski definition) is 4. The number of carbonyl (C=O) groups is 2. The molecule has 0 fully saturated rings. The van der Waals surface area contributed by atoms with Gasteiger partial charge in [-0.05, 0) is 19.1 Å². The molecule has 0 spiro atoms. The minimum absolute atomic E-state index is 0.110. The lowest BCUT2D eigenvalue weighted by Crippen LogP contribution is -2.28. The quantitative estimate of drug-likeness (QED) is 0.576. The second kappa shape index (κ2) is 3.79. The summed E-state index contributed by atoms with van der Waals surface area (Å²) in [6, 6.07) is 8.97. The number of hydroxylamine groups is 2. The Labute approximate surface area is 91.9 Å². The van der Waals surface area contributed by atoms with E-state index in [0.29, 0.717) is 5.69 Å². The minimum Gasteiger partial charge on any atom is -0.351 e. The Balaban J connectivity index is 2.29. The van der Waals surface area contributed by atoms with Crippen molar-refractivity contribution in [3.8, 4) is 0 Å². The summed E-state index contributed by atoms with van der Waals surface area (Å²) >= 11 is 0. The van der Waals surface area contributed by atoms with Gasteiger partial charge in [0.2, 0.25) is 0 Å². The molecule has 0 bridgehead atoms. The first kappa shape index (κ1) is 10.4. The van der Waals surface area contributed by atoms with E-state index in [1.807, 2.05) is 6.07 Å². The van der Waals surface area contributed by atoms with E-state index in [-0.39, 0.29) is 16.3 Å². The van der Waals surface area contributed by atoms with Crippen molar-refractivity contribution in [3.63, 3.8) is 0 Å². The molecule has 1 aliphatic rings. The molecule has 2 N–H and O–H groups in total. The van der Waals surface area contributed by atoms with Gasteiger partial charge in [0, 0.05) is 11.3 Å². The van der Waals surface area contributed by atoms with Crippen LogP contribution in [0.2, 0.25) is 0 Å². The van der Waals surface area contributed by atoms with Gasteiger partial charge < -0.3 is 5.32 Å². The van der Waals surface area contributed by atoms with E-state index in [9.17, 15) is 9.59 Å². The first-order valence-corrected chi connectivity index (χ1v) is 4.72. The highest BCUT2D eigenvalue weighted by Crippen LogP contribution is 2.20. The Bertz CT molecular complexity index is 479. The van der Waals surface area contributed by atoms with Gasteiger partial charge in [0.25, 0.3) is 5.91 Å². The van der Waals surface area contributed by atoms with E-state index >= 15 is 0 Å². The standard InChI is InChI=1S/C11H10N2O3/c1-7-9(11(15)13(16)10(7)14)12-8-5-3-2-4-6-8/h2-6,12,16H,1H3. The number of carbonyl (C=O) groups excluding carboxylic acids is 2. The lowest BCUT2D eigenvalue weighted by Gasteiger charge is -2.07. The van der Waals surface area contributed by atoms with Gasteiger partial charge in [0.05, 0.1) is 0 Å². The summed E-state index contributed by atoms with van der Waals surface area (Å²) in [5, 5.41) is 12.1. The monoisotopic (exact) mass is 218 g/mol. The van der Waals surface area contributed by atoms with Crippen LogP contribution in [0, 0.1) is 0 Å². The second-order valence-corrected chi connectivity index (χ2v) is 3.41. The Morgan fingerprint density at radius 3 is 2.25 bits per heavy atom. The lowest BCUT2D eigenvalue weighted by molar-refractivity contribution is -0.170. The highest BCUT2D eigenvalue weighted by molar-refractivity contribution is 6.19. The molecule has 1 aliphatic heterocycles. The number of imide groups is 1. The summed E-state index contributed by atoms with van der Waals surface area (Å²) in [5.41, 5.74) is 1.00. The first-order chi connectivity index (χ1) is 7.61. The molecule has 0 atom stereocenters. The Morgan fingerprint density at radius 1 is 1.12 bits per heavy atom. The van der Waals surface area contributed by atoms with Gasteiger partial charge in [-0.25, -0.2) is 0 Å². The van der Waals surface area contributed by atoms with Crippen LogP contribution in [0.15, 0.2) is 41.6 Å². The number of benzene rings is 1. The number of para-hydroxylation sites is 1. The maximum absolute atomic E-state index is 11.5. The molecule has 0 saturated heterocycles. The van der Waals surface area contributed by atoms with Crippen molar-refractivity contribution < 1.29 is 14.8 Å². The van der Waals surface area contributed by atoms with Gasteiger partial charge in [-0.3, -0.25) is 14.8 Å². The highest BCUT2D eigenvalue weighted by atomic mass is 16.5. The molecule has 0 radical (unpaired) electrons. The minimum atomic E-state index is -0.730. The van der Waals surface area contributed by atoms with Gasteiger partial charge in [-0.2, -0.15) is 0 Å². The number of hydrogen-bond donors (Lipinski definition) is 2. The molecular weight excluding hydrogens is 208 g/mol. The summed E-state index contributed by atoms with van der Waals surface area (Å²) in [6.07, 6.45) is 0. The number of nitrogens with zero attached hydrogens (tertiary/aromatic N) is 1. The molecule has 82 valence electrons. The van der Waals surface area contributed by atoms with E-state index in [0.717, 1.165) is 0 Å². The summed E-state index contributed by atoms with van der Waals surface area (Å²) < 4.78 is 0. The first-order valence-electron chi connectivity index (χ1n) is 4.72. The molecule has 1 heterocycles. The molecule has 1 aromatic rings. The van der Waals surface area contributed by atoms with E-state index in [1.165, 1.54) is 6.92 Å². The van der Waals surface area contributed by atoms with Crippen LogP contribution in [-0.2, 0) is 9.59 Å². The third kappa shape index (κ3) is 1.57. The predicted octanol–water partition coefficient (Wildman–Crippen LogP) is 1.13. The third-order valence-corrected chi connectivity index (χ3v) is 2.34. The maximum atomic E-state index is 11.5.